The zero-order valence-corrected chi connectivity index (χ0v) is 8.05. The van der Waals surface area contributed by atoms with Gasteiger partial charge in [0, 0.05) is 0 Å². The molecule has 0 saturated carbocycles. The third-order valence-corrected chi connectivity index (χ3v) is 1.81. The molecule has 1 heterocycles. The summed E-state index contributed by atoms with van der Waals surface area (Å²) < 4.78 is 0. The molecule has 66 valence electrons. The molecule has 0 radical (unpaired) electrons. The third-order valence-electron chi connectivity index (χ3n) is 1.81. The summed E-state index contributed by atoms with van der Waals surface area (Å²) in [5, 5.41) is 7.75. The average molecular weight is 165 g/mol. The minimum atomic E-state index is 0.0914. The van der Waals surface area contributed by atoms with Crippen molar-refractivity contribution < 1.29 is 0 Å². The minimum Gasteiger partial charge on any atom is -0.382 e. The topological polar surface area (TPSA) is 51.8 Å². The highest BCUT2D eigenvalue weighted by Crippen LogP contribution is 2.24. The summed E-state index contributed by atoms with van der Waals surface area (Å²) in [5.74, 6) is 0.491. The molecule has 0 aromatic carbocycles. The van der Waals surface area contributed by atoms with Gasteiger partial charge in [0.25, 0.3) is 0 Å². The fourth-order valence-corrected chi connectivity index (χ4v) is 1.23. The third kappa shape index (κ3) is 1.72. The summed E-state index contributed by atoms with van der Waals surface area (Å²) in [7, 11) is 0. The Kier molecular flexibility index (Phi) is 2.04. The van der Waals surface area contributed by atoms with Crippen LogP contribution in [0.15, 0.2) is 6.07 Å². The fourth-order valence-electron chi connectivity index (χ4n) is 1.23. The zero-order valence-electron chi connectivity index (χ0n) is 8.05. The van der Waals surface area contributed by atoms with Gasteiger partial charge in [-0.25, -0.2) is 0 Å². The van der Waals surface area contributed by atoms with Crippen LogP contribution in [0, 0.1) is 6.92 Å². The van der Waals surface area contributed by atoms with Crippen LogP contribution < -0.4 is 5.73 Å². The maximum atomic E-state index is 5.55. The Morgan fingerprint density at radius 1 is 1.25 bits per heavy atom. The van der Waals surface area contributed by atoms with E-state index in [1.807, 2.05) is 13.0 Å². The quantitative estimate of drug-likeness (QED) is 0.636. The standard InChI is InChI=1S/C9H15N3/c1-6-7(9(2,3)4)5-8(10)12-11-6/h5H,1-4H3,(H2,10,12). The molecule has 0 aliphatic carbocycles. The van der Waals surface area contributed by atoms with Gasteiger partial charge < -0.3 is 5.73 Å². The summed E-state index contributed by atoms with van der Waals surface area (Å²) in [4.78, 5) is 0. The van der Waals surface area contributed by atoms with E-state index in [2.05, 4.69) is 31.0 Å². The number of nitrogen functional groups attached to an aromatic ring is 1. The van der Waals surface area contributed by atoms with Gasteiger partial charge >= 0.3 is 0 Å². The first-order valence-corrected chi connectivity index (χ1v) is 4.01. The summed E-state index contributed by atoms with van der Waals surface area (Å²) in [6.07, 6.45) is 0. The van der Waals surface area contributed by atoms with Gasteiger partial charge in [-0.2, -0.15) is 5.10 Å². The predicted molar refractivity (Wildman–Crippen MR) is 49.9 cm³/mol. The number of hydrogen-bond acceptors (Lipinski definition) is 3. The van der Waals surface area contributed by atoms with Crippen LogP contribution in [0.3, 0.4) is 0 Å². The van der Waals surface area contributed by atoms with E-state index in [9.17, 15) is 0 Å². The lowest BCUT2D eigenvalue weighted by atomic mass is 9.86. The van der Waals surface area contributed by atoms with Crippen molar-refractivity contribution in [1.82, 2.24) is 10.2 Å². The second-order valence-corrected chi connectivity index (χ2v) is 4.02. The zero-order chi connectivity index (χ0) is 9.35. The van der Waals surface area contributed by atoms with Gasteiger partial charge in [-0.15, -0.1) is 5.10 Å². The number of aromatic nitrogens is 2. The van der Waals surface area contributed by atoms with Crippen molar-refractivity contribution >= 4 is 5.82 Å². The molecule has 0 atom stereocenters. The van der Waals surface area contributed by atoms with E-state index in [1.165, 1.54) is 0 Å². The molecule has 0 spiro atoms. The number of nitrogens with zero attached hydrogens (tertiary/aromatic N) is 2. The van der Waals surface area contributed by atoms with Gasteiger partial charge in [-0.3, -0.25) is 0 Å². The van der Waals surface area contributed by atoms with E-state index >= 15 is 0 Å². The molecule has 0 aliphatic heterocycles. The maximum Gasteiger partial charge on any atom is 0.146 e. The van der Waals surface area contributed by atoms with Gasteiger partial charge in [0.15, 0.2) is 0 Å². The Morgan fingerprint density at radius 2 is 1.83 bits per heavy atom. The summed E-state index contributed by atoms with van der Waals surface area (Å²) in [5.41, 5.74) is 7.76. The molecule has 1 rings (SSSR count). The van der Waals surface area contributed by atoms with Crippen LogP contribution in [0.25, 0.3) is 0 Å². The molecule has 3 nitrogen and oxygen atoms in total. The van der Waals surface area contributed by atoms with Gasteiger partial charge in [0.1, 0.15) is 5.82 Å². The van der Waals surface area contributed by atoms with Crippen molar-refractivity contribution in [3.8, 4) is 0 Å². The highest BCUT2D eigenvalue weighted by Gasteiger charge is 2.17. The van der Waals surface area contributed by atoms with Crippen LogP contribution in [0.2, 0.25) is 0 Å². The van der Waals surface area contributed by atoms with Gasteiger partial charge in [0.05, 0.1) is 5.69 Å². The lowest BCUT2D eigenvalue weighted by molar-refractivity contribution is 0.579. The second kappa shape index (κ2) is 2.73. The lowest BCUT2D eigenvalue weighted by Crippen LogP contribution is -2.15. The number of nitrogens with two attached hydrogens (primary N) is 1. The summed E-state index contributed by atoms with van der Waals surface area (Å²) >= 11 is 0. The Hall–Kier alpha value is -1.12. The Bertz CT molecular complexity index is 286. The minimum absolute atomic E-state index is 0.0914. The highest BCUT2D eigenvalue weighted by atomic mass is 15.1. The normalized spacial score (nSPS) is 11.7. The number of rotatable bonds is 0. The molecule has 0 saturated heterocycles. The first-order chi connectivity index (χ1) is 5.41. The first kappa shape index (κ1) is 8.97. The summed E-state index contributed by atoms with van der Waals surface area (Å²) in [6.45, 7) is 8.36. The van der Waals surface area contributed by atoms with E-state index in [1.54, 1.807) is 0 Å². The van der Waals surface area contributed by atoms with Crippen molar-refractivity contribution in [2.75, 3.05) is 5.73 Å². The molecule has 0 unspecified atom stereocenters. The summed E-state index contributed by atoms with van der Waals surface area (Å²) in [6, 6.07) is 1.89. The smallest absolute Gasteiger partial charge is 0.146 e. The highest BCUT2D eigenvalue weighted by molar-refractivity contribution is 5.36. The SMILES string of the molecule is Cc1nnc(N)cc1C(C)(C)C. The molecular formula is C9H15N3. The maximum absolute atomic E-state index is 5.55. The van der Waals surface area contributed by atoms with Gasteiger partial charge in [-0.05, 0) is 24.0 Å². The van der Waals surface area contributed by atoms with Crippen molar-refractivity contribution in [1.29, 1.82) is 0 Å². The number of hydrogen-bond donors (Lipinski definition) is 1. The molecule has 1 aromatic heterocycles. The van der Waals surface area contributed by atoms with E-state index in [-0.39, 0.29) is 5.41 Å². The Labute approximate surface area is 73.0 Å². The molecule has 0 bridgehead atoms. The van der Waals surface area contributed by atoms with Crippen molar-refractivity contribution in [2.24, 2.45) is 0 Å². The number of aryl methyl sites for hydroxylation is 1. The van der Waals surface area contributed by atoms with Crippen molar-refractivity contribution in [3.05, 3.63) is 17.3 Å². The van der Waals surface area contributed by atoms with Gasteiger partial charge in [-0.1, -0.05) is 20.8 Å². The van der Waals surface area contributed by atoms with E-state index in [4.69, 9.17) is 5.73 Å². The van der Waals surface area contributed by atoms with Crippen molar-refractivity contribution in [2.45, 2.75) is 33.1 Å². The predicted octanol–water partition coefficient (Wildman–Crippen LogP) is 1.66. The van der Waals surface area contributed by atoms with Crippen LogP contribution in [0.1, 0.15) is 32.0 Å². The van der Waals surface area contributed by atoms with Crippen molar-refractivity contribution in [3.63, 3.8) is 0 Å². The monoisotopic (exact) mass is 165 g/mol. The Morgan fingerprint density at radius 3 is 2.25 bits per heavy atom. The molecule has 0 fully saturated rings. The largest absolute Gasteiger partial charge is 0.382 e. The fraction of sp³-hybridized carbons (Fsp3) is 0.556. The lowest BCUT2D eigenvalue weighted by Gasteiger charge is -2.20. The molecule has 1 aromatic rings. The first-order valence-electron chi connectivity index (χ1n) is 4.01. The Balaban J connectivity index is 3.23. The molecule has 3 heteroatoms. The van der Waals surface area contributed by atoms with Crippen LogP contribution in [0.5, 0.6) is 0 Å². The number of anilines is 1. The van der Waals surface area contributed by atoms with Gasteiger partial charge in [0.2, 0.25) is 0 Å². The molecule has 0 aliphatic rings. The van der Waals surface area contributed by atoms with Crippen LogP contribution >= 0.6 is 0 Å². The average Bonchev–Trinajstić information content (AvgIpc) is 1.92. The molecule has 12 heavy (non-hydrogen) atoms. The van der Waals surface area contributed by atoms with Crippen LogP contribution in [-0.4, -0.2) is 10.2 Å². The molecule has 0 amide bonds. The van der Waals surface area contributed by atoms with E-state index in [0.29, 0.717) is 5.82 Å². The molecular weight excluding hydrogens is 150 g/mol. The van der Waals surface area contributed by atoms with Crippen LogP contribution in [-0.2, 0) is 5.41 Å². The van der Waals surface area contributed by atoms with Crippen LogP contribution in [0.4, 0.5) is 5.82 Å². The second-order valence-electron chi connectivity index (χ2n) is 4.02. The van der Waals surface area contributed by atoms with E-state index in [0.717, 1.165) is 11.3 Å². The molecule has 2 N–H and O–H groups in total. The van der Waals surface area contributed by atoms with E-state index < -0.39 is 0 Å².